The van der Waals surface area contributed by atoms with Gasteiger partial charge in [-0.2, -0.15) is 0 Å². The summed E-state index contributed by atoms with van der Waals surface area (Å²) in [5, 5.41) is 2.64. The molecule has 2 rings (SSSR count). The van der Waals surface area contributed by atoms with E-state index in [4.69, 9.17) is 23.7 Å². The third-order valence-electron chi connectivity index (χ3n) is 3.90. The minimum absolute atomic E-state index is 0.0594. The molecule has 0 unspecified atom stereocenters. The number of benzene rings is 2. The van der Waals surface area contributed by atoms with E-state index in [1.807, 2.05) is 6.92 Å². The Balaban J connectivity index is 1.90. The second kappa shape index (κ2) is 10.8. The van der Waals surface area contributed by atoms with E-state index in [-0.39, 0.29) is 6.42 Å². The van der Waals surface area contributed by atoms with Crippen molar-refractivity contribution in [2.75, 3.05) is 39.9 Å². The van der Waals surface area contributed by atoms with E-state index in [0.717, 1.165) is 11.3 Å². The average molecular weight is 403 g/mol. The summed E-state index contributed by atoms with van der Waals surface area (Å²) in [7, 11) is 4.44. The predicted octanol–water partition coefficient (Wildman–Crippen LogP) is 2.84. The van der Waals surface area contributed by atoms with Gasteiger partial charge >= 0.3 is 5.97 Å². The maximum atomic E-state index is 12.1. The van der Waals surface area contributed by atoms with E-state index in [2.05, 4.69) is 5.32 Å². The molecule has 0 atom stereocenters. The Hall–Kier alpha value is -3.42. The van der Waals surface area contributed by atoms with E-state index in [0.29, 0.717) is 29.5 Å². The van der Waals surface area contributed by atoms with Gasteiger partial charge in [0.1, 0.15) is 5.75 Å². The molecule has 2 aromatic rings. The molecule has 8 nitrogen and oxygen atoms in total. The highest BCUT2D eigenvalue weighted by Gasteiger charge is 2.15. The molecule has 0 heterocycles. The lowest BCUT2D eigenvalue weighted by Crippen LogP contribution is -2.21. The molecule has 0 saturated heterocycles. The summed E-state index contributed by atoms with van der Waals surface area (Å²) >= 11 is 0. The Morgan fingerprint density at radius 2 is 1.55 bits per heavy atom. The number of methoxy groups -OCH3 is 3. The molecule has 0 aliphatic rings. The first-order valence-corrected chi connectivity index (χ1v) is 8.97. The van der Waals surface area contributed by atoms with Gasteiger partial charge in [0.2, 0.25) is 5.75 Å². The van der Waals surface area contributed by atoms with Crippen LogP contribution in [0.4, 0.5) is 5.69 Å². The monoisotopic (exact) mass is 403 g/mol. The Morgan fingerprint density at radius 1 is 0.931 bits per heavy atom. The van der Waals surface area contributed by atoms with Crippen molar-refractivity contribution in [3.05, 3.63) is 42.0 Å². The van der Waals surface area contributed by atoms with Gasteiger partial charge in [-0.05, 0) is 24.6 Å². The second-order valence-corrected chi connectivity index (χ2v) is 5.88. The molecule has 0 fully saturated rings. The van der Waals surface area contributed by atoms with Crippen LogP contribution in [0.2, 0.25) is 0 Å². The highest BCUT2D eigenvalue weighted by molar-refractivity contribution is 5.93. The van der Waals surface area contributed by atoms with Crippen LogP contribution < -0.4 is 24.3 Å². The van der Waals surface area contributed by atoms with Crippen molar-refractivity contribution in [3.8, 4) is 23.0 Å². The second-order valence-electron chi connectivity index (χ2n) is 5.88. The Bertz CT molecular complexity index is 808. The van der Waals surface area contributed by atoms with Gasteiger partial charge in [0.15, 0.2) is 18.1 Å². The summed E-state index contributed by atoms with van der Waals surface area (Å²) in [6, 6.07) is 10.3. The van der Waals surface area contributed by atoms with Gasteiger partial charge in [0, 0.05) is 17.8 Å². The SMILES string of the molecule is CCOc1ccc(CC(=O)OCC(=O)Nc2cc(OC)c(OC)c(OC)c2)cc1. The summed E-state index contributed by atoms with van der Waals surface area (Å²) in [5.74, 6) is 0.946. The number of ether oxygens (including phenoxy) is 5. The molecule has 1 amide bonds. The van der Waals surface area contributed by atoms with E-state index in [1.165, 1.54) is 21.3 Å². The third-order valence-corrected chi connectivity index (χ3v) is 3.90. The van der Waals surface area contributed by atoms with Crippen molar-refractivity contribution in [2.24, 2.45) is 0 Å². The number of rotatable bonds is 10. The lowest BCUT2D eigenvalue weighted by Gasteiger charge is -2.14. The smallest absolute Gasteiger partial charge is 0.310 e. The van der Waals surface area contributed by atoms with Crippen LogP contribution in [0, 0.1) is 0 Å². The zero-order valence-corrected chi connectivity index (χ0v) is 16.9. The van der Waals surface area contributed by atoms with Gasteiger partial charge < -0.3 is 29.0 Å². The normalized spacial score (nSPS) is 10.1. The quantitative estimate of drug-likeness (QED) is 0.610. The first kappa shape index (κ1) is 21.9. The first-order valence-electron chi connectivity index (χ1n) is 8.97. The van der Waals surface area contributed by atoms with Crippen molar-refractivity contribution in [1.82, 2.24) is 0 Å². The minimum atomic E-state index is -0.505. The zero-order valence-electron chi connectivity index (χ0n) is 16.9. The number of hydrogen-bond donors (Lipinski definition) is 1. The fourth-order valence-corrected chi connectivity index (χ4v) is 2.58. The standard InChI is InChI=1S/C21H25NO7/c1-5-28-16-8-6-14(7-9-16)10-20(24)29-13-19(23)22-15-11-17(25-2)21(27-4)18(12-15)26-3/h6-9,11-12H,5,10,13H2,1-4H3,(H,22,23). The fourth-order valence-electron chi connectivity index (χ4n) is 2.58. The summed E-state index contributed by atoms with van der Waals surface area (Å²) in [4.78, 5) is 24.1. The summed E-state index contributed by atoms with van der Waals surface area (Å²) < 4.78 is 26.1. The maximum Gasteiger partial charge on any atom is 0.310 e. The van der Waals surface area contributed by atoms with Crippen molar-refractivity contribution in [3.63, 3.8) is 0 Å². The summed E-state index contributed by atoms with van der Waals surface area (Å²) in [5.41, 5.74) is 1.19. The van der Waals surface area contributed by atoms with Crippen LogP contribution in [0.5, 0.6) is 23.0 Å². The number of amides is 1. The number of esters is 1. The molecule has 2 aromatic carbocycles. The van der Waals surface area contributed by atoms with Crippen molar-refractivity contribution >= 4 is 17.6 Å². The molecule has 156 valence electrons. The Kier molecular flexibility index (Phi) is 8.14. The van der Waals surface area contributed by atoms with Gasteiger partial charge in [0.25, 0.3) is 5.91 Å². The molecule has 0 saturated carbocycles. The van der Waals surface area contributed by atoms with E-state index < -0.39 is 18.5 Å². The molecular formula is C21H25NO7. The number of carbonyl (C=O) groups excluding carboxylic acids is 2. The van der Waals surface area contributed by atoms with Crippen LogP contribution in [0.1, 0.15) is 12.5 Å². The van der Waals surface area contributed by atoms with Crippen molar-refractivity contribution in [1.29, 1.82) is 0 Å². The number of nitrogens with one attached hydrogen (secondary N) is 1. The zero-order chi connectivity index (χ0) is 21.2. The lowest BCUT2D eigenvalue weighted by atomic mass is 10.1. The average Bonchev–Trinajstić information content (AvgIpc) is 2.73. The fraction of sp³-hybridized carbons (Fsp3) is 0.333. The van der Waals surface area contributed by atoms with E-state index in [9.17, 15) is 9.59 Å². The molecule has 0 aliphatic heterocycles. The number of hydrogen-bond acceptors (Lipinski definition) is 7. The molecule has 0 bridgehead atoms. The number of anilines is 1. The Morgan fingerprint density at radius 3 is 2.07 bits per heavy atom. The highest BCUT2D eigenvalue weighted by atomic mass is 16.5. The summed E-state index contributed by atoms with van der Waals surface area (Å²) in [6.07, 6.45) is 0.0594. The van der Waals surface area contributed by atoms with E-state index in [1.54, 1.807) is 36.4 Å². The molecule has 0 radical (unpaired) electrons. The van der Waals surface area contributed by atoms with Gasteiger partial charge in [-0.25, -0.2) is 0 Å². The molecule has 0 spiro atoms. The van der Waals surface area contributed by atoms with Crippen molar-refractivity contribution in [2.45, 2.75) is 13.3 Å². The molecular weight excluding hydrogens is 378 g/mol. The van der Waals surface area contributed by atoms with Gasteiger partial charge in [-0.15, -0.1) is 0 Å². The molecule has 8 heteroatoms. The van der Waals surface area contributed by atoms with Gasteiger partial charge in [0.05, 0.1) is 34.4 Å². The number of carbonyl (C=O) groups is 2. The van der Waals surface area contributed by atoms with Crippen LogP contribution in [0.15, 0.2) is 36.4 Å². The largest absolute Gasteiger partial charge is 0.494 e. The van der Waals surface area contributed by atoms with Crippen LogP contribution in [0.3, 0.4) is 0 Å². The predicted molar refractivity (Wildman–Crippen MR) is 107 cm³/mol. The molecule has 29 heavy (non-hydrogen) atoms. The van der Waals surface area contributed by atoms with Crippen molar-refractivity contribution < 1.29 is 33.3 Å². The Labute approximate surface area is 169 Å². The third kappa shape index (κ3) is 6.31. The molecule has 0 aliphatic carbocycles. The topological polar surface area (TPSA) is 92.3 Å². The van der Waals surface area contributed by atoms with Crippen LogP contribution in [0.25, 0.3) is 0 Å². The molecule has 0 aromatic heterocycles. The molecule has 1 N–H and O–H groups in total. The van der Waals surface area contributed by atoms with Gasteiger partial charge in [-0.3, -0.25) is 9.59 Å². The lowest BCUT2D eigenvalue weighted by molar-refractivity contribution is -0.146. The van der Waals surface area contributed by atoms with Gasteiger partial charge in [-0.1, -0.05) is 12.1 Å². The first-order chi connectivity index (χ1) is 14.0. The van der Waals surface area contributed by atoms with Crippen LogP contribution >= 0.6 is 0 Å². The van der Waals surface area contributed by atoms with E-state index >= 15 is 0 Å². The summed E-state index contributed by atoms with van der Waals surface area (Å²) in [6.45, 7) is 2.06. The van der Waals surface area contributed by atoms with Crippen LogP contribution in [-0.2, 0) is 20.7 Å². The van der Waals surface area contributed by atoms with Crippen LogP contribution in [-0.4, -0.2) is 46.4 Å². The maximum absolute atomic E-state index is 12.1. The highest BCUT2D eigenvalue weighted by Crippen LogP contribution is 2.39. The minimum Gasteiger partial charge on any atom is -0.494 e.